The van der Waals surface area contributed by atoms with Crippen LogP contribution in [0.15, 0.2) is 23.1 Å². The molecule has 4 nitrogen and oxygen atoms in total. The molecule has 2 N–H and O–H groups in total. The molecule has 0 saturated carbocycles. The monoisotopic (exact) mass is 298 g/mol. The van der Waals surface area contributed by atoms with Gasteiger partial charge in [-0.3, -0.25) is 0 Å². The van der Waals surface area contributed by atoms with Crippen LogP contribution in [0.25, 0.3) is 0 Å². The van der Waals surface area contributed by atoms with Crippen LogP contribution < -0.4 is 10.0 Å². The first-order chi connectivity index (χ1) is 9.31. The van der Waals surface area contributed by atoms with Gasteiger partial charge in [-0.1, -0.05) is 32.9 Å². The van der Waals surface area contributed by atoms with Crippen molar-refractivity contribution in [3.8, 4) is 0 Å². The summed E-state index contributed by atoms with van der Waals surface area (Å²) in [4.78, 5) is 0.403. The Kier molecular flexibility index (Phi) is 6.17. The first-order valence-corrected chi connectivity index (χ1v) is 8.58. The van der Waals surface area contributed by atoms with Gasteiger partial charge >= 0.3 is 0 Å². The first kappa shape index (κ1) is 17.1. The van der Waals surface area contributed by atoms with Crippen molar-refractivity contribution < 1.29 is 8.42 Å². The van der Waals surface area contributed by atoms with Crippen LogP contribution in [0.3, 0.4) is 0 Å². The van der Waals surface area contributed by atoms with Crippen LogP contribution in [0.4, 0.5) is 0 Å². The van der Waals surface area contributed by atoms with Crippen molar-refractivity contribution >= 4 is 10.0 Å². The second-order valence-electron chi connectivity index (χ2n) is 5.48. The normalized spacial score (nSPS) is 13.7. The van der Waals surface area contributed by atoms with Gasteiger partial charge in [0.15, 0.2) is 0 Å². The maximum Gasteiger partial charge on any atom is 0.241 e. The molecule has 0 radical (unpaired) electrons. The highest BCUT2D eigenvalue weighted by molar-refractivity contribution is 7.89. The fourth-order valence-corrected chi connectivity index (χ4v) is 3.65. The van der Waals surface area contributed by atoms with Crippen molar-refractivity contribution in [3.63, 3.8) is 0 Å². The lowest BCUT2D eigenvalue weighted by molar-refractivity contribution is 0.476. The quantitative estimate of drug-likeness (QED) is 0.812. The van der Waals surface area contributed by atoms with Gasteiger partial charge in [0, 0.05) is 12.6 Å². The van der Waals surface area contributed by atoms with Gasteiger partial charge in [0.2, 0.25) is 10.0 Å². The lowest BCUT2D eigenvalue weighted by atomic mass is 10.1. The minimum absolute atomic E-state index is 0.0855. The first-order valence-electron chi connectivity index (χ1n) is 7.10. The predicted octanol–water partition coefficient (Wildman–Crippen LogP) is 2.29. The average Bonchev–Trinajstić information content (AvgIpc) is 2.38. The SMILES string of the molecule is CCc1ccc(CNC)cc1S(=O)(=O)NC(C)C(C)C. The number of hydrogen-bond acceptors (Lipinski definition) is 3. The third kappa shape index (κ3) is 4.30. The lowest BCUT2D eigenvalue weighted by Gasteiger charge is -2.19. The second-order valence-corrected chi connectivity index (χ2v) is 7.16. The highest BCUT2D eigenvalue weighted by Crippen LogP contribution is 2.19. The van der Waals surface area contributed by atoms with E-state index in [9.17, 15) is 8.42 Å². The minimum atomic E-state index is -3.47. The van der Waals surface area contributed by atoms with E-state index in [1.807, 2.05) is 46.9 Å². The Morgan fingerprint density at radius 2 is 1.85 bits per heavy atom. The van der Waals surface area contributed by atoms with Gasteiger partial charge in [-0.25, -0.2) is 13.1 Å². The van der Waals surface area contributed by atoms with Gasteiger partial charge in [-0.05, 0) is 43.5 Å². The van der Waals surface area contributed by atoms with E-state index >= 15 is 0 Å². The number of rotatable bonds is 7. The van der Waals surface area contributed by atoms with Crippen LogP contribution in [0.1, 0.15) is 38.8 Å². The van der Waals surface area contributed by atoms with E-state index in [1.165, 1.54) is 0 Å². The highest BCUT2D eigenvalue weighted by atomic mass is 32.2. The number of sulfonamides is 1. The van der Waals surface area contributed by atoms with Crippen molar-refractivity contribution in [1.29, 1.82) is 0 Å². The fraction of sp³-hybridized carbons (Fsp3) is 0.600. The second kappa shape index (κ2) is 7.20. The average molecular weight is 298 g/mol. The number of aryl methyl sites for hydroxylation is 1. The van der Waals surface area contributed by atoms with Gasteiger partial charge in [0.25, 0.3) is 0 Å². The molecule has 114 valence electrons. The van der Waals surface area contributed by atoms with Crippen LogP contribution in [-0.2, 0) is 23.0 Å². The Morgan fingerprint density at radius 3 is 2.35 bits per heavy atom. The van der Waals surface area contributed by atoms with Crippen molar-refractivity contribution in [2.45, 2.75) is 51.6 Å². The molecule has 0 saturated heterocycles. The van der Waals surface area contributed by atoms with Crippen LogP contribution in [0, 0.1) is 5.92 Å². The molecule has 0 aromatic heterocycles. The van der Waals surface area contributed by atoms with E-state index in [0.717, 1.165) is 11.1 Å². The predicted molar refractivity (Wildman–Crippen MR) is 83.2 cm³/mol. The summed E-state index contributed by atoms with van der Waals surface area (Å²) >= 11 is 0. The summed E-state index contributed by atoms with van der Waals surface area (Å²) < 4.78 is 27.9. The zero-order chi connectivity index (χ0) is 15.3. The standard InChI is InChI=1S/C15H26N2O2S/c1-6-14-8-7-13(10-16-5)9-15(14)20(18,19)17-12(4)11(2)3/h7-9,11-12,16-17H,6,10H2,1-5H3. The molecular weight excluding hydrogens is 272 g/mol. The van der Waals surface area contributed by atoms with E-state index in [1.54, 1.807) is 6.07 Å². The van der Waals surface area contributed by atoms with Crippen molar-refractivity contribution in [3.05, 3.63) is 29.3 Å². The molecule has 0 aliphatic carbocycles. The molecular formula is C15H26N2O2S. The number of hydrogen-bond donors (Lipinski definition) is 2. The van der Waals surface area contributed by atoms with Crippen LogP contribution >= 0.6 is 0 Å². The van der Waals surface area contributed by atoms with E-state index in [4.69, 9.17) is 0 Å². The summed E-state index contributed by atoms with van der Waals surface area (Å²) in [6.45, 7) is 8.53. The third-order valence-corrected chi connectivity index (χ3v) is 5.17. The maximum atomic E-state index is 12.6. The van der Waals surface area contributed by atoms with Crippen molar-refractivity contribution in [2.24, 2.45) is 5.92 Å². The summed E-state index contributed by atoms with van der Waals surface area (Å²) in [5, 5.41) is 3.04. The molecule has 1 rings (SSSR count). The molecule has 1 atom stereocenters. The summed E-state index contributed by atoms with van der Waals surface area (Å²) in [6, 6.07) is 5.56. The van der Waals surface area contributed by atoms with Crippen LogP contribution in [-0.4, -0.2) is 21.5 Å². The molecule has 0 heterocycles. The summed E-state index contributed by atoms with van der Waals surface area (Å²) in [7, 11) is -1.62. The van der Waals surface area contributed by atoms with Crippen LogP contribution in [0.2, 0.25) is 0 Å². The fourth-order valence-electron chi connectivity index (χ4n) is 1.90. The molecule has 0 spiro atoms. The largest absolute Gasteiger partial charge is 0.316 e. The van der Waals surface area contributed by atoms with E-state index in [2.05, 4.69) is 10.0 Å². The number of benzene rings is 1. The molecule has 5 heteroatoms. The zero-order valence-electron chi connectivity index (χ0n) is 13.0. The summed E-state index contributed by atoms with van der Waals surface area (Å²) in [5.41, 5.74) is 1.83. The Labute approximate surface area is 123 Å². The summed E-state index contributed by atoms with van der Waals surface area (Å²) in [6.07, 6.45) is 0.701. The van der Waals surface area contributed by atoms with Crippen molar-refractivity contribution in [1.82, 2.24) is 10.0 Å². The third-order valence-electron chi connectivity index (χ3n) is 3.52. The molecule has 1 unspecified atom stereocenters. The van der Waals surface area contributed by atoms with E-state index < -0.39 is 10.0 Å². The topological polar surface area (TPSA) is 58.2 Å². The minimum Gasteiger partial charge on any atom is -0.316 e. The zero-order valence-corrected chi connectivity index (χ0v) is 13.8. The highest BCUT2D eigenvalue weighted by Gasteiger charge is 2.22. The van der Waals surface area contributed by atoms with Gasteiger partial charge in [-0.15, -0.1) is 0 Å². The Balaban J connectivity index is 3.17. The van der Waals surface area contributed by atoms with E-state index in [0.29, 0.717) is 17.9 Å². The maximum absolute atomic E-state index is 12.6. The molecule has 1 aromatic carbocycles. The molecule has 0 bridgehead atoms. The van der Waals surface area contributed by atoms with Gasteiger partial charge < -0.3 is 5.32 Å². The molecule has 1 aromatic rings. The summed E-state index contributed by atoms with van der Waals surface area (Å²) in [5.74, 6) is 0.260. The van der Waals surface area contributed by atoms with E-state index in [-0.39, 0.29) is 12.0 Å². The van der Waals surface area contributed by atoms with Gasteiger partial charge in [0.05, 0.1) is 4.90 Å². The van der Waals surface area contributed by atoms with Gasteiger partial charge in [0.1, 0.15) is 0 Å². The van der Waals surface area contributed by atoms with Crippen LogP contribution in [0.5, 0.6) is 0 Å². The molecule has 0 aliphatic heterocycles. The molecule has 0 aliphatic rings. The van der Waals surface area contributed by atoms with Crippen molar-refractivity contribution in [2.75, 3.05) is 7.05 Å². The Bertz CT molecular complexity index is 539. The molecule has 20 heavy (non-hydrogen) atoms. The molecule has 0 amide bonds. The lowest BCUT2D eigenvalue weighted by Crippen LogP contribution is -2.36. The smallest absolute Gasteiger partial charge is 0.241 e. The Morgan fingerprint density at radius 1 is 1.20 bits per heavy atom. The van der Waals surface area contributed by atoms with Gasteiger partial charge in [-0.2, -0.15) is 0 Å². The molecule has 0 fully saturated rings. The Hall–Kier alpha value is -0.910. The number of nitrogens with one attached hydrogen (secondary N) is 2.